The molecule has 6 heteroatoms. The highest BCUT2D eigenvalue weighted by Crippen LogP contribution is 2.24. The number of carbonyl (C=O) groups excluding carboxylic acids is 1. The topological polar surface area (TPSA) is 57.7 Å². The molecular formula is C29H34N2O3S. The monoisotopic (exact) mass is 490 g/mol. The minimum Gasteiger partial charge on any atom is -0.342 e. The molecule has 1 amide bonds. The maximum atomic E-state index is 13.5. The standard InChI is InChI=1S/C29H34N2O3S/c1-23-8-12-27(13-9-23)21-31(35(33,34)28-14-10-24(2)11-15-28)22-29(32)30-18-16-26(17-19-30)20-25-6-4-3-5-7-25/h3-15,26H,16-22H2,1-2H3. The lowest BCUT2D eigenvalue weighted by Crippen LogP contribution is -2.45. The summed E-state index contributed by atoms with van der Waals surface area (Å²) < 4.78 is 28.4. The Hall–Kier alpha value is -2.96. The van der Waals surface area contributed by atoms with Gasteiger partial charge in [0, 0.05) is 19.6 Å². The lowest BCUT2D eigenvalue weighted by Gasteiger charge is -2.33. The predicted molar refractivity (Wildman–Crippen MR) is 139 cm³/mol. The van der Waals surface area contributed by atoms with Crippen molar-refractivity contribution in [3.05, 3.63) is 101 Å². The van der Waals surface area contributed by atoms with E-state index < -0.39 is 10.0 Å². The maximum Gasteiger partial charge on any atom is 0.243 e. The van der Waals surface area contributed by atoms with Gasteiger partial charge in [-0.05, 0) is 62.3 Å². The quantitative estimate of drug-likeness (QED) is 0.448. The molecule has 0 spiro atoms. The largest absolute Gasteiger partial charge is 0.342 e. The number of benzene rings is 3. The molecular weight excluding hydrogens is 456 g/mol. The molecule has 184 valence electrons. The number of aryl methyl sites for hydroxylation is 2. The fourth-order valence-corrected chi connectivity index (χ4v) is 5.94. The molecule has 1 heterocycles. The lowest BCUT2D eigenvalue weighted by molar-refractivity contribution is -0.132. The first-order valence-corrected chi connectivity index (χ1v) is 13.7. The normalized spacial score (nSPS) is 14.9. The van der Waals surface area contributed by atoms with Gasteiger partial charge in [0.05, 0.1) is 11.4 Å². The van der Waals surface area contributed by atoms with E-state index in [4.69, 9.17) is 0 Å². The van der Waals surface area contributed by atoms with Crippen molar-refractivity contribution in [2.24, 2.45) is 5.92 Å². The number of piperidine rings is 1. The van der Waals surface area contributed by atoms with Gasteiger partial charge in [0.1, 0.15) is 0 Å². The van der Waals surface area contributed by atoms with E-state index >= 15 is 0 Å². The smallest absolute Gasteiger partial charge is 0.243 e. The number of sulfonamides is 1. The molecule has 0 saturated carbocycles. The van der Waals surface area contributed by atoms with Crippen LogP contribution >= 0.6 is 0 Å². The summed E-state index contributed by atoms with van der Waals surface area (Å²) in [5.74, 6) is 0.410. The van der Waals surface area contributed by atoms with Crippen molar-refractivity contribution in [3.63, 3.8) is 0 Å². The molecule has 0 unspecified atom stereocenters. The molecule has 3 aromatic carbocycles. The summed E-state index contributed by atoms with van der Waals surface area (Å²) in [6.45, 7) is 5.25. The Bertz CT molecular complexity index is 1220. The van der Waals surface area contributed by atoms with Crippen molar-refractivity contribution < 1.29 is 13.2 Å². The lowest BCUT2D eigenvalue weighted by atomic mass is 9.90. The van der Waals surface area contributed by atoms with Gasteiger partial charge in [-0.15, -0.1) is 0 Å². The van der Waals surface area contributed by atoms with E-state index in [1.54, 1.807) is 24.3 Å². The molecule has 35 heavy (non-hydrogen) atoms. The molecule has 0 N–H and O–H groups in total. The van der Waals surface area contributed by atoms with Crippen LogP contribution in [0.5, 0.6) is 0 Å². The average molecular weight is 491 g/mol. The molecule has 3 aromatic rings. The molecule has 1 aliphatic heterocycles. The van der Waals surface area contributed by atoms with Crippen LogP contribution in [0, 0.1) is 19.8 Å². The molecule has 4 rings (SSSR count). The van der Waals surface area contributed by atoms with Crippen LogP contribution < -0.4 is 0 Å². The van der Waals surface area contributed by atoms with Gasteiger partial charge in [0.2, 0.25) is 15.9 Å². The Morgan fingerprint density at radius 2 is 1.40 bits per heavy atom. The zero-order chi connectivity index (χ0) is 24.8. The van der Waals surface area contributed by atoms with Crippen molar-refractivity contribution in [2.45, 2.75) is 44.6 Å². The molecule has 0 radical (unpaired) electrons. The number of hydrogen-bond acceptors (Lipinski definition) is 3. The predicted octanol–water partition coefficient (Wildman–Crippen LogP) is 4.98. The van der Waals surface area contributed by atoms with Crippen LogP contribution in [-0.4, -0.2) is 43.2 Å². The van der Waals surface area contributed by atoms with E-state index in [9.17, 15) is 13.2 Å². The molecule has 1 saturated heterocycles. The Morgan fingerprint density at radius 1 is 0.829 bits per heavy atom. The van der Waals surface area contributed by atoms with Gasteiger partial charge in [-0.3, -0.25) is 4.79 Å². The average Bonchev–Trinajstić information content (AvgIpc) is 2.86. The summed E-state index contributed by atoms with van der Waals surface area (Å²) in [7, 11) is -3.83. The van der Waals surface area contributed by atoms with E-state index in [2.05, 4.69) is 24.3 Å². The zero-order valence-electron chi connectivity index (χ0n) is 20.6. The Balaban J connectivity index is 1.46. The third kappa shape index (κ3) is 6.59. The second-order valence-corrected chi connectivity index (χ2v) is 11.5. The number of carbonyl (C=O) groups is 1. The van der Waals surface area contributed by atoms with Crippen molar-refractivity contribution in [1.29, 1.82) is 0 Å². The summed E-state index contributed by atoms with van der Waals surface area (Å²) in [5.41, 5.74) is 4.28. The highest BCUT2D eigenvalue weighted by Gasteiger charge is 2.30. The summed E-state index contributed by atoms with van der Waals surface area (Å²) in [6, 6.07) is 25.0. The fourth-order valence-electron chi connectivity index (χ4n) is 4.57. The maximum absolute atomic E-state index is 13.5. The molecule has 5 nitrogen and oxygen atoms in total. The van der Waals surface area contributed by atoms with Gasteiger partial charge >= 0.3 is 0 Å². The minimum atomic E-state index is -3.83. The third-order valence-corrected chi connectivity index (χ3v) is 8.59. The molecule has 1 aliphatic rings. The third-order valence-electron chi connectivity index (χ3n) is 6.78. The summed E-state index contributed by atoms with van der Waals surface area (Å²) in [6.07, 6.45) is 2.89. The number of amides is 1. The second-order valence-electron chi connectivity index (χ2n) is 9.59. The zero-order valence-corrected chi connectivity index (χ0v) is 21.4. The Kier molecular flexibility index (Phi) is 8.04. The highest BCUT2D eigenvalue weighted by molar-refractivity contribution is 7.89. The molecule has 1 fully saturated rings. The van der Waals surface area contributed by atoms with E-state index in [1.807, 2.05) is 49.1 Å². The van der Waals surface area contributed by atoms with E-state index in [0.29, 0.717) is 19.0 Å². The summed E-state index contributed by atoms with van der Waals surface area (Å²) in [5, 5.41) is 0. The van der Waals surface area contributed by atoms with Crippen LogP contribution in [0.25, 0.3) is 0 Å². The van der Waals surface area contributed by atoms with Crippen LogP contribution in [0.4, 0.5) is 0 Å². The highest BCUT2D eigenvalue weighted by atomic mass is 32.2. The van der Waals surface area contributed by atoms with Gasteiger partial charge in [-0.2, -0.15) is 4.31 Å². The summed E-state index contributed by atoms with van der Waals surface area (Å²) in [4.78, 5) is 15.3. The fraction of sp³-hybridized carbons (Fsp3) is 0.345. The van der Waals surface area contributed by atoms with Gasteiger partial charge in [-0.1, -0.05) is 77.9 Å². The van der Waals surface area contributed by atoms with Crippen LogP contribution in [0.1, 0.15) is 35.1 Å². The van der Waals surface area contributed by atoms with Crippen molar-refractivity contribution >= 4 is 15.9 Å². The number of nitrogens with zero attached hydrogens (tertiary/aromatic N) is 2. The van der Waals surface area contributed by atoms with Gasteiger partial charge < -0.3 is 4.90 Å². The Morgan fingerprint density at radius 3 is 2.00 bits per heavy atom. The van der Waals surface area contributed by atoms with Crippen molar-refractivity contribution in [1.82, 2.24) is 9.21 Å². The van der Waals surface area contributed by atoms with Gasteiger partial charge in [-0.25, -0.2) is 8.42 Å². The van der Waals surface area contributed by atoms with Gasteiger partial charge in [0.15, 0.2) is 0 Å². The van der Waals surface area contributed by atoms with Crippen molar-refractivity contribution in [3.8, 4) is 0 Å². The first-order valence-electron chi connectivity index (χ1n) is 12.3. The molecule has 0 aromatic heterocycles. The summed E-state index contributed by atoms with van der Waals surface area (Å²) >= 11 is 0. The van der Waals surface area contributed by atoms with Crippen LogP contribution in [0.3, 0.4) is 0 Å². The van der Waals surface area contributed by atoms with E-state index in [0.717, 1.165) is 36.0 Å². The molecule has 0 bridgehead atoms. The number of rotatable bonds is 8. The number of likely N-dealkylation sites (tertiary alicyclic amines) is 1. The van der Waals surface area contributed by atoms with E-state index in [1.165, 1.54) is 9.87 Å². The van der Waals surface area contributed by atoms with Crippen LogP contribution in [-0.2, 0) is 27.8 Å². The second kappa shape index (κ2) is 11.2. The molecule has 0 aliphatic carbocycles. The minimum absolute atomic E-state index is 0.133. The van der Waals surface area contributed by atoms with E-state index in [-0.39, 0.29) is 23.9 Å². The van der Waals surface area contributed by atoms with Crippen LogP contribution in [0.15, 0.2) is 83.8 Å². The Labute approximate surface area is 209 Å². The first-order chi connectivity index (χ1) is 16.8. The van der Waals surface area contributed by atoms with Crippen LogP contribution in [0.2, 0.25) is 0 Å². The number of hydrogen-bond donors (Lipinski definition) is 0. The molecule has 0 atom stereocenters. The SMILES string of the molecule is Cc1ccc(CN(CC(=O)N2CCC(Cc3ccccc3)CC2)S(=O)(=O)c2ccc(C)cc2)cc1. The van der Waals surface area contributed by atoms with Crippen molar-refractivity contribution in [2.75, 3.05) is 19.6 Å². The first kappa shape index (κ1) is 25.1. The van der Waals surface area contributed by atoms with Gasteiger partial charge in [0.25, 0.3) is 0 Å².